The van der Waals surface area contributed by atoms with Crippen molar-refractivity contribution in [1.82, 2.24) is 9.38 Å². The number of benzene rings is 1. The summed E-state index contributed by atoms with van der Waals surface area (Å²) in [6, 6.07) is 9.75. The average Bonchev–Trinajstić information content (AvgIpc) is 3.28. The molecular weight excluding hydrogens is 352 g/mol. The van der Waals surface area contributed by atoms with E-state index in [4.69, 9.17) is 31.8 Å². The summed E-state index contributed by atoms with van der Waals surface area (Å²) in [5.74, 6) is 1.31. The lowest BCUT2D eigenvalue weighted by Crippen LogP contribution is -2.23. The molecular formula is C19H19ClN4O2. The van der Waals surface area contributed by atoms with Crippen molar-refractivity contribution in [3.8, 4) is 16.9 Å². The highest BCUT2D eigenvalue weighted by Gasteiger charge is 2.23. The molecule has 1 atom stereocenters. The Bertz CT molecular complexity index is 983. The quantitative estimate of drug-likeness (QED) is 0.748. The second-order valence-corrected chi connectivity index (χ2v) is 6.42. The van der Waals surface area contributed by atoms with E-state index in [1.165, 1.54) is 0 Å². The molecule has 0 fully saturated rings. The Kier molecular flexibility index (Phi) is 4.53. The third-order valence-electron chi connectivity index (χ3n) is 4.19. The fraction of sp³-hybridized carbons (Fsp3) is 0.263. The van der Waals surface area contributed by atoms with Crippen molar-refractivity contribution < 1.29 is 9.47 Å². The second kappa shape index (κ2) is 6.97. The van der Waals surface area contributed by atoms with E-state index in [0.717, 1.165) is 22.5 Å². The van der Waals surface area contributed by atoms with Crippen LogP contribution in [0.5, 0.6) is 5.75 Å². The molecule has 0 aliphatic carbocycles. The Morgan fingerprint density at radius 2 is 2.15 bits per heavy atom. The lowest BCUT2D eigenvalue weighted by atomic mass is 10.1. The molecule has 3 heterocycles. The molecule has 134 valence electrons. The number of hydrogen-bond acceptors (Lipinski definition) is 5. The van der Waals surface area contributed by atoms with Crippen LogP contribution in [0, 0.1) is 0 Å². The molecule has 0 bridgehead atoms. The third kappa shape index (κ3) is 3.02. The minimum atomic E-state index is -0.0865. The number of nitrogens with zero attached hydrogens (tertiary/aromatic N) is 3. The van der Waals surface area contributed by atoms with E-state index in [9.17, 15) is 0 Å². The summed E-state index contributed by atoms with van der Waals surface area (Å²) in [5.41, 5.74) is 8.92. The standard InChI is InChI=1S/C19H19ClN4O2/c1-2-25-17-6-4-3-5-14(17)15-7-12(20)10-24-11-16(23-18(15)24)19-22-9-13(8-21)26-19/h3-7,10-11,13H,2,8-9,21H2,1H3. The summed E-state index contributed by atoms with van der Waals surface area (Å²) < 4.78 is 13.4. The van der Waals surface area contributed by atoms with E-state index in [2.05, 4.69) is 4.99 Å². The van der Waals surface area contributed by atoms with E-state index in [1.807, 2.05) is 54.0 Å². The molecule has 0 spiro atoms. The zero-order valence-corrected chi connectivity index (χ0v) is 15.1. The summed E-state index contributed by atoms with van der Waals surface area (Å²) in [7, 11) is 0. The predicted molar refractivity (Wildman–Crippen MR) is 102 cm³/mol. The van der Waals surface area contributed by atoms with Crippen LogP contribution in [-0.2, 0) is 4.74 Å². The molecule has 1 aliphatic heterocycles. The van der Waals surface area contributed by atoms with Gasteiger partial charge in [0.15, 0.2) is 0 Å². The van der Waals surface area contributed by atoms with Crippen LogP contribution in [0.1, 0.15) is 12.6 Å². The van der Waals surface area contributed by atoms with Gasteiger partial charge in [0.2, 0.25) is 5.90 Å². The number of imidazole rings is 1. The largest absolute Gasteiger partial charge is 0.493 e. The molecule has 1 unspecified atom stereocenters. The highest BCUT2D eigenvalue weighted by atomic mass is 35.5. The molecule has 2 aromatic heterocycles. The van der Waals surface area contributed by atoms with Gasteiger partial charge in [-0.1, -0.05) is 29.8 Å². The van der Waals surface area contributed by atoms with Crippen LogP contribution in [0.4, 0.5) is 0 Å². The van der Waals surface area contributed by atoms with Crippen molar-refractivity contribution in [2.24, 2.45) is 10.7 Å². The molecule has 0 amide bonds. The van der Waals surface area contributed by atoms with Gasteiger partial charge < -0.3 is 19.6 Å². The van der Waals surface area contributed by atoms with Crippen LogP contribution in [0.15, 0.2) is 47.7 Å². The van der Waals surface area contributed by atoms with Gasteiger partial charge in [-0.25, -0.2) is 9.98 Å². The molecule has 7 heteroatoms. The lowest BCUT2D eigenvalue weighted by molar-refractivity contribution is 0.233. The minimum absolute atomic E-state index is 0.0865. The number of hydrogen-bond donors (Lipinski definition) is 1. The number of aliphatic imine (C=N–C) groups is 1. The topological polar surface area (TPSA) is 74.1 Å². The second-order valence-electron chi connectivity index (χ2n) is 5.98. The normalized spacial score (nSPS) is 16.6. The molecule has 1 aliphatic rings. The van der Waals surface area contributed by atoms with Crippen LogP contribution >= 0.6 is 11.6 Å². The summed E-state index contributed by atoms with van der Waals surface area (Å²) >= 11 is 6.35. The van der Waals surface area contributed by atoms with Gasteiger partial charge in [0.05, 0.1) is 18.2 Å². The highest BCUT2D eigenvalue weighted by molar-refractivity contribution is 6.31. The maximum Gasteiger partial charge on any atom is 0.237 e. The van der Waals surface area contributed by atoms with Crippen molar-refractivity contribution in [2.75, 3.05) is 19.7 Å². The molecule has 6 nitrogen and oxygen atoms in total. The van der Waals surface area contributed by atoms with E-state index < -0.39 is 0 Å². The molecule has 26 heavy (non-hydrogen) atoms. The minimum Gasteiger partial charge on any atom is -0.493 e. The van der Waals surface area contributed by atoms with Crippen molar-refractivity contribution in [1.29, 1.82) is 0 Å². The molecule has 4 rings (SSSR count). The van der Waals surface area contributed by atoms with Gasteiger partial charge in [-0.2, -0.15) is 0 Å². The summed E-state index contributed by atoms with van der Waals surface area (Å²) in [5, 5.41) is 0.608. The van der Waals surface area contributed by atoms with Gasteiger partial charge in [-0.05, 0) is 19.1 Å². The first-order chi connectivity index (χ1) is 12.7. The number of fused-ring (bicyclic) bond motifs is 1. The number of halogens is 1. The maximum absolute atomic E-state index is 6.35. The van der Waals surface area contributed by atoms with Gasteiger partial charge in [0.1, 0.15) is 23.2 Å². The first kappa shape index (κ1) is 16.9. The van der Waals surface area contributed by atoms with Gasteiger partial charge in [-0.3, -0.25) is 0 Å². The molecule has 1 aromatic carbocycles. The van der Waals surface area contributed by atoms with Crippen LogP contribution in [0.2, 0.25) is 5.02 Å². The van der Waals surface area contributed by atoms with Crippen LogP contribution in [-0.4, -0.2) is 41.1 Å². The predicted octanol–water partition coefficient (Wildman–Crippen LogP) is 3.16. The van der Waals surface area contributed by atoms with Crippen LogP contribution < -0.4 is 10.5 Å². The molecule has 2 N–H and O–H groups in total. The number of nitrogens with two attached hydrogens (primary N) is 1. The van der Waals surface area contributed by atoms with Crippen LogP contribution in [0.3, 0.4) is 0 Å². The summed E-state index contributed by atoms with van der Waals surface area (Å²) in [6.07, 6.45) is 3.60. The first-order valence-electron chi connectivity index (χ1n) is 8.51. The lowest BCUT2D eigenvalue weighted by Gasteiger charge is -2.11. The fourth-order valence-corrected chi connectivity index (χ4v) is 3.23. The Labute approximate surface area is 156 Å². The van der Waals surface area contributed by atoms with E-state index >= 15 is 0 Å². The van der Waals surface area contributed by atoms with Crippen LogP contribution in [0.25, 0.3) is 16.8 Å². The molecule has 0 saturated heterocycles. The number of ether oxygens (including phenoxy) is 2. The first-order valence-corrected chi connectivity index (χ1v) is 8.89. The van der Waals surface area contributed by atoms with E-state index in [0.29, 0.717) is 36.3 Å². The van der Waals surface area contributed by atoms with Gasteiger partial charge in [-0.15, -0.1) is 0 Å². The van der Waals surface area contributed by atoms with Crippen molar-refractivity contribution in [2.45, 2.75) is 13.0 Å². The highest BCUT2D eigenvalue weighted by Crippen LogP contribution is 2.34. The van der Waals surface area contributed by atoms with Crippen molar-refractivity contribution in [3.05, 3.63) is 53.4 Å². The Hall–Kier alpha value is -2.57. The number of pyridine rings is 1. The van der Waals surface area contributed by atoms with Gasteiger partial charge >= 0.3 is 0 Å². The Balaban J connectivity index is 1.84. The van der Waals surface area contributed by atoms with E-state index in [-0.39, 0.29) is 6.10 Å². The summed E-state index contributed by atoms with van der Waals surface area (Å²) in [4.78, 5) is 9.14. The van der Waals surface area contributed by atoms with Gasteiger partial charge in [0.25, 0.3) is 0 Å². The third-order valence-corrected chi connectivity index (χ3v) is 4.40. The summed E-state index contributed by atoms with van der Waals surface area (Å²) in [6.45, 7) is 3.53. The van der Waals surface area contributed by atoms with Crippen molar-refractivity contribution >= 4 is 23.1 Å². The average molecular weight is 371 g/mol. The zero-order valence-electron chi connectivity index (χ0n) is 14.4. The SMILES string of the molecule is CCOc1ccccc1-c1cc(Cl)cn2cc(C3=NCC(CN)O3)nc12. The van der Waals surface area contributed by atoms with Gasteiger partial charge in [0, 0.05) is 30.1 Å². The Morgan fingerprint density at radius 1 is 1.31 bits per heavy atom. The maximum atomic E-state index is 6.35. The number of aromatic nitrogens is 2. The molecule has 0 saturated carbocycles. The van der Waals surface area contributed by atoms with E-state index in [1.54, 1.807) is 0 Å². The zero-order chi connectivity index (χ0) is 18.1. The number of para-hydroxylation sites is 1. The molecule has 3 aromatic rings. The smallest absolute Gasteiger partial charge is 0.237 e. The number of rotatable bonds is 5. The fourth-order valence-electron chi connectivity index (χ4n) is 3.02. The monoisotopic (exact) mass is 370 g/mol. The van der Waals surface area contributed by atoms with Crippen molar-refractivity contribution in [3.63, 3.8) is 0 Å². The molecule has 0 radical (unpaired) electrons. The Morgan fingerprint density at radius 3 is 2.92 bits per heavy atom.